The fourth-order valence-electron chi connectivity index (χ4n) is 2.55. The highest BCUT2D eigenvalue weighted by molar-refractivity contribution is 5.78. The molecule has 0 fully saturated rings. The summed E-state index contributed by atoms with van der Waals surface area (Å²) in [5.74, 6) is 0.849. The largest absolute Gasteiger partial charge is 0.337 e. The van der Waals surface area contributed by atoms with E-state index in [9.17, 15) is 0 Å². The van der Waals surface area contributed by atoms with E-state index < -0.39 is 0 Å². The second kappa shape index (κ2) is 4.20. The Bertz CT molecular complexity index is 668. The zero-order chi connectivity index (χ0) is 12.7. The molecular weight excluding hydrogens is 238 g/mol. The minimum atomic E-state index is 0.849. The highest BCUT2D eigenvalue weighted by atomic mass is 15.3. The molecule has 5 heteroatoms. The molecule has 0 atom stereocenters. The van der Waals surface area contributed by atoms with Gasteiger partial charge in [0.2, 0.25) is 0 Å². The Labute approximate surface area is 110 Å². The molecule has 0 saturated heterocycles. The summed E-state index contributed by atoms with van der Waals surface area (Å²) in [5.41, 5.74) is 4.19. The van der Waals surface area contributed by atoms with E-state index in [1.54, 1.807) is 0 Å². The average Bonchev–Trinajstić information content (AvgIpc) is 2.97. The molecule has 1 aliphatic heterocycles. The molecule has 2 N–H and O–H groups in total. The number of para-hydroxylation sites is 2. The van der Waals surface area contributed by atoms with E-state index in [2.05, 4.69) is 31.1 Å². The molecule has 3 heterocycles. The second-order valence-electron chi connectivity index (χ2n) is 4.88. The summed E-state index contributed by atoms with van der Waals surface area (Å²) >= 11 is 0. The van der Waals surface area contributed by atoms with Crippen molar-refractivity contribution in [3.8, 4) is 11.5 Å². The number of nitrogens with zero attached hydrogens (tertiary/aromatic N) is 3. The minimum Gasteiger partial charge on any atom is -0.337 e. The van der Waals surface area contributed by atoms with E-state index in [1.165, 1.54) is 5.69 Å². The van der Waals surface area contributed by atoms with Crippen molar-refractivity contribution in [1.29, 1.82) is 0 Å². The molecule has 1 aliphatic rings. The SMILES string of the molecule is c1ccc2[nH]c(-c3cc4n(n3)CCCNC4)nc2c1. The van der Waals surface area contributed by atoms with Gasteiger partial charge in [-0.1, -0.05) is 12.1 Å². The summed E-state index contributed by atoms with van der Waals surface area (Å²) in [4.78, 5) is 7.93. The molecule has 0 unspecified atom stereocenters. The van der Waals surface area contributed by atoms with Gasteiger partial charge in [-0.15, -0.1) is 0 Å². The standard InChI is InChI=1S/C14H15N5/c1-2-5-12-11(4-1)16-14(17-12)13-8-10-9-15-6-3-7-19(10)18-13/h1-2,4-5,8,15H,3,6-7,9H2,(H,16,17). The van der Waals surface area contributed by atoms with Crippen LogP contribution in [0.25, 0.3) is 22.6 Å². The number of H-pyrrole nitrogens is 1. The van der Waals surface area contributed by atoms with Gasteiger partial charge in [-0.05, 0) is 31.2 Å². The van der Waals surface area contributed by atoms with E-state index in [-0.39, 0.29) is 0 Å². The highest BCUT2D eigenvalue weighted by Gasteiger charge is 2.14. The number of rotatable bonds is 1. The normalized spacial score (nSPS) is 15.4. The van der Waals surface area contributed by atoms with E-state index in [0.29, 0.717) is 0 Å². The summed E-state index contributed by atoms with van der Waals surface area (Å²) in [7, 11) is 0. The van der Waals surface area contributed by atoms with Crippen LogP contribution in [-0.4, -0.2) is 26.3 Å². The smallest absolute Gasteiger partial charge is 0.159 e. The third-order valence-electron chi connectivity index (χ3n) is 3.52. The quantitative estimate of drug-likeness (QED) is 0.696. The number of nitrogens with one attached hydrogen (secondary N) is 2. The molecular formula is C14H15N5. The number of aryl methyl sites for hydroxylation is 1. The van der Waals surface area contributed by atoms with Crippen molar-refractivity contribution in [2.75, 3.05) is 6.54 Å². The van der Waals surface area contributed by atoms with Crippen molar-refractivity contribution < 1.29 is 0 Å². The number of aromatic nitrogens is 4. The molecule has 19 heavy (non-hydrogen) atoms. The van der Waals surface area contributed by atoms with E-state index in [0.717, 1.165) is 48.6 Å². The fourth-order valence-corrected chi connectivity index (χ4v) is 2.55. The van der Waals surface area contributed by atoms with Crippen molar-refractivity contribution in [2.24, 2.45) is 0 Å². The Morgan fingerprint density at radius 3 is 3.11 bits per heavy atom. The molecule has 4 rings (SSSR count). The first-order valence-electron chi connectivity index (χ1n) is 6.63. The van der Waals surface area contributed by atoms with Crippen LogP contribution in [-0.2, 0) is 13.1 Å². The van der Waals surface area contributed by atoms with Gasteiger partial charge in [0.25, 0.3) is 0 Å². The van der Waals surface area contributed by atoms with Crippen LogP contribution in [0.4, 0.5) is 0 Å². The van der Waals surface area contributed by atoms with Crippen molar-refractivity contribution in [1.82, 2.24) is 25.1 Å². The van der Waals surface area contributed by atoms with Gasteiger partial charge < -0.3 is 10.3 Å². The van der Waals surface area contributed by atoms with Crippen LogP contribution in [0.3, 0.4) is 0 Å². The van der Waals surface area contributed by atoms with Crippen LogP contribution in [0.2, 0.25) is 0 Å². The number of aromatic amines is 1. The van der Waals surface area contributed by atoms with Gasteiger partial charge in [0.05, 0.1) is 16.7 Å². The van der Waals surface area contributed by atoms with Crippen LogP contribution in [0, 0.1) is 0 Å². The lowest BCUT2D eigenvalue weighted by Crippen LogP contribution is -2.11. The first-order chi connectivity index (χ1) is 9.40. The second-order valence-corrected chi connectivity index (χ2v) is 4.88. The minimum absolute atomic E-state index is 0.849. The predicted octanol–water partition coefficient (Wildman–Crippen LogP) is 1.92. The van der Waals surface area contributed by atoms with Crippen LogP contribution < -0.4 is 5.32 Å². The number of fused-ring (bicyclic) bond motifs is 2. The number of hydrogen-bond acceptors (Lipinski definition) is 3. The molecule has 96 valence electrons. The Kier molecular flexibility index (Phi) is 2.38. The lowest BCUT2D eigenvalue weighted by atomic mass is 10.3. The topological polar surface area (TPSA) is 58.5 Å². The molecule has 2 aromatic heterocycles. The van der Waals surface area contributed by atoms with Crippen LogP contribution in [0.5, 0.6) is 0 Å². The van der Waals surface area contributed by atoms with Gasteiger partial charge in [-0.25, -0.2) is 4.98 Å². The summed E-state index contributed by atoms with van der Waals surface area (Å²) in [6, 6.07) is 10.2. The lowest BCUT2D eigenvalue weighted by Gasteiger charge is -1.98. The maximum absolute atomic E-state index is 4.66. The summed E-state index contributed by atoms with van der Waals surface area (Å²) in [6.07, 6.45) is 1.12. The molecule has 0 radical (unpaired) electrons. The maximum Gasteiger partial charge on any atom is 0.159 e. The van der Waals surface area contributed by atoms with Crippen LogP contribution >= 0.6 is 0 Å². The Morgan fingerprint density at radius 1 is 1.21 bits per heavy atom. The summed E-state index contributed by atoms with van der Waals surface area (Å²) in [5, 5.41) is 8.06. The van der Waals surface area contributed by atoms with Gasteiger partial charge >= 0.3 is 0 Å². The first kappa shape index (κ1) is 10.8. The fraction of sp³-hybridized carbons (Fsp3) is 0.286. The summed E-state index contributed by atoms with van der Waals surface area (Å²) in [6.45, 7) is 2.92. The third-order valence-corrected chi connectivity index (χ3v) is 3.52. The Balaban J connectivity index is 1.79. The highest BCUT2D eigenvalue weighted by Crippen LogP contribution is 2.21. The monoisotopic (exact) mass is 253 g/mol. The summed E-state index contributed by atoms with van der Waals surface area (Å²) < 4.78 is 2.09. The molecule has 0 saturated carbocycles. The Hall–Kier alpha value is -2.14. The lowest BCUT2D eigenvalue weighted by molar-refractivity contribution is 0.588. The van der Waals surface area contributed by atoms with Crippen molar-refractivity contribution in [3.05, 3.63) is 36.0 Å². The van der Waals surface area contributed by atoms with Crippen molar-refractivity contribution >= 4 is 11.0 Å². The maximum atomic E-state index is 4.66. The first-order valence-corrected chi connectivity index (χ1v) is 6.63. The van der Waals surface area contributed by atoms with Crippen molar-refractivity contribution in [3.63, 3.8) is 0 Å². The number of imidazole rings is 1. The van der Waals surface area contributed by atoms with Crippen LogP contribution in [0.15, 0.2) is 30.3 Å². The van der Waals surface area contributed by atoms with Crippen LogP contribution in [0.1, 0.15) is 12.1 Å². The Morgan fingerprint density at radius 2 is 2.16 bits per heavy atom. The van der Waals surface area contributed by atoms with Gasteiger partial charge in [-0.3, -0.25) is 4.68 Å². The van der Waals surface area contributed by atoms with E-state index in [1.807, 2.05) is 24.3 Å². The number of benzene rings is 1. The van der Waals surface area contributed by atoms with Gasteiger partial charge in [0, 0.05) is 13.1 Å². The third kappa shape index (κ3) is 1.82. The van der Waals surface area contributed by atoms with Gasteiger partial charge in [-0.2, -0.15) is 5.10 Å². The van der Waals surface area contributed by atoms with Gasteiger partial charge in [0.15, 0.2) is 5.82 Å². The number of hydrogen-bond donors (Lipinski definition) is 2. The molecule has 1 aromatic carbocycles. The zero-order valence-corrected chi connectivity index (χ0v) is 10.6. The molecule has 3 aromatic rings. The van der Waals surface area contributed by atoms with Gasteiger partial charge in [0.1, 0.15) is 5.69 Å². The molecule has 0 aliphatic carbocycles. The van der Waals surface area contributed by atoms with E-state index in [4.69, 9.17) is 0 Å². The zero-order valence-electron chi connectivity index (χ0n) is 10.6. The molecule has 5 nitrogen and oxygen atoms in total. The molecule has 0 spiro atoms. The molecule has 0 bridgehead atoms. The molecule has 0 amide bonds. The van der Waals surface area contributed by atoms with Crippen molar-refractivity contribution in [2.45, 2.75) is 19.5 Å². The predicted molar refractivity (Wildman–Crippen MR) is 73.6 cm³/mol. The van der Waals surface area contributed by atoms with E-state index >= 15 is 0 Å². The average molecular weight is 253 g/mol.